The molecule has 2 heterocycles. The van der Waals surface area contributed by atoms with Gasteiger partial charge in [-0.15, -0.1) is 0 Å². The van der Waals surface area contributed by atoms with Crippen molar-refractivity contribution < 1.29 is 19.1 Å². The summed E-state index contributed by atoms with van der Waals surface area (Å²) in [6, 6.07) is 7.43. The van der Waals surface area contributed by atoms with Crippen LogP contribution in [0.25, 0.3) is 0 Å². The molecule has 0 aromatic heterocycles. The maximum Gasteiger partial charge on any atom is 0.414 e. The average molecular weight is 371 g/mol. The van der Waals surface area contributed by atoms with Gasteiger partial charge in [0.25, 0.3) is 0 Å². The number of nitrogens with zero attached hydrogens (tertiary/aromatic N) is 2. The van der Waals surface area contributed by atoms with Crippen LogP contribution in [-0.2, 0) is 14.3 Å². The number of amides is 3. The molecule has 0 bridgehead atoms. The van der Waals surface area contributed by atoms with Gasteiger partial charge in [-0.1, -0.05) is 19.3 Å². The highest BCUT2D eigenvalue weighted by Crippen LogP contribution is 2.29. The van der Waals surface area contributed by atoms with Gasteiger partial charge >= 0.3 is 6.09 Å². The molecule has 3 fully saturated rings. The number of ether oxygens (including phenoxy) is 1. The molecule has 1 aromatic carbocycles. The van der Waals surface area contributed by atoms with Gasteiger partial charge in [-0.2, -0.15) is 0 Å². The average Bonchev–Trinajstić information content (AvgIpc) is 3.29. The summed E-state index contributed by atoms with van der Waals surface area (Å²) in [5.41, 5.74) is 1.41. The fourth-order valence-corrected chi connectivity index (χ4v) is 4.25. The second kappa shape index (κ2) is 7.58. The Morgan fingerprint density at radius 3 is 2.48 bits per heavy atom. The molecule has 3 amide bonds. The number of benzene rings is 1. The van der Waals surface area contributed by atoms with Crippen molar-refractivity contribution in [3.05, 3.63) is 24.3 Å². The molecule has 1 atom stereocenters. The fraction of sp³-hybridized carbons (Fsp3) is 0.550. The lowest BCUT2D eigenvalue weighted by molar-refractivity contribution is -0.130. The fourth-order valence-electron chi connectivity index (χ4n) is 4.25. The number of anilines is 2. The molecule has 2 aliphatic heterocycles. The molecule has 1 N–H and O–H groups in total. The highest BCUT2D eigenvalue weighted by Gasteiger charge is 2.38. The van der Waals surface area contributed by atoms with Crippen molar-refractivity contribution in [3.63, 3.8) is 0 Å². The molecule has 27 heavy (non-hydrogen) atoms. The number of nitrogens with one attached hydrogen (secondary N) is 1. The van der Waals surface area contributed by atoms with Crippen LogP contribution in [0.4, 0.5) is 16.2 Å². The van der Waals surface area contributed by atoms with Crippen LogP contribution >= 0.6 is 0 Å². The van der Waals surface area contributed by atoms with Gasteiger partial charge < -0.3 is 15.0 Å². The van der Waals surface area contributed by atoms with Crippen molar-refractivity contribution in [1.82, 2.24) is 4.90 Å². The van der Waals surface area contributed by atoms with Crippen molar-refractivity contribution >= 4 is 29.3 Å². The van der Waals surface area contributed by atoms with E-state index in [1.54, 1.807) is 29.2 Å². The van der Waals surface area contributed by atoms with Crippen molar-refractivity contribution in [2.75, 3.05) is 29.9 Å². The molecule has 1 aromatic rings. The van der Waals surface area contributed by atoms with E-state index < -0.39 is 0 Å². The molecule has 4 rings (SSSR count). The Kier molecular flexibility index (Phi) is 5.01. The maximum atomic E-state index is 12.6. The Bertz CT molecular complexity index is 727. The second-order valence-electron chi connectivity index (χ2n) is 7.54. The third-order valence-corrected chi connectivity index (χ3v) is 5.75. The lowest BCUT2D eigenvalue weighted by Crippen LogP contribution is -2.38. The largest absolute Gasteiger partial charge is 0.447 e. The van der Waals surface area contributed by atoms with Gasteiger partial charge in [0.15, 0.2) is 0 Å². The summed E-state index contributed by atoms with van der Waals surface area (Å²) in [6.07, 6.45) is 5.64. The Labute approximate surface area is 158 Å². The molecule has 7 nitrogen and oxygen atoms in total. The van der Waals surface area contributed by atoms with E-state index in [0.717, 1.165) is 18.5 Å². The van der Waals surface area contributed by atoms with Gasteiger partial charge in [0.05, 0.1) is 12.5 Å². The molecular weight excluding hydrogens is 346 g/mol. The number of carbonyl (C=O) groups excluding carboxylic acids is 3. The van der Waals surface area contributed by atoms with Crippen molar-refractivity contribution in [3.8, 4) is 0 Å². The van der Waals surface area contributed by atoms with Gasteiger partial charge in [-0.25, -0.2) is 4.79 Å². The number of carbonyl (C=O) groups is 3. The normalized spacial score (nSPS) is 23.6. The zero-order valence-corrected chi connectivity index (χ0v) is 15.4. The Balaban J connectivity index is 1.35. The van der Waals surface area contributed by atoms with E-state index in [-0.39, 0.29) is 23.8 Å². The first-order valence-corrected chi connectivity index (χ1v) is 9.76. The van der Waals surface area contributed by atoms with Crippen molar-refractivity contribution in [2.24, 2.45) is 5.92 Å². The molecule has 7 heteroatoms. The monoisotopic (exact) mass is 371 g/mol. The van der Waals surface area contributed by atoms with Crippen molar-refractivity contribution in [2.45, 2.75) is 44.6 Å². The van der Waals surface area contributed by atoms with Crippen LogP contribution in [0, 0.1) is 5.92 Å². The van der Waals surface area contributed by atoms with Crippen molar-refractivity contribution in [1.29, 1.82) is 0 Å². The van der Waals surface area contributed by atoms with E-state index in [4.69, 9.17) is 4.74 Å². The zero-order chi connectivity index (χ0) is 18.8. The predicted octanol–water partition coefficient (Wildman–Crippen LogP) is 2.76. The summed E-state index contributed by atoms with van der Waals surface area (Å²) in [4.78, 5) is 40.0. The third kappa shape index (κ3) is 3.77. The first-order valence-electron chi connectivity index (χ1n) is 9.76. The molecule has 144 valence electrons. The van der Waals surface area contributed by atoms with E-state index in [2.05, 4.69) is 5.32 Å². The Morgan fingerprint density at radius 2 is 1.81 bits per heavy atom. The molecule has 1 saturated carbocycles. The standard InChI is InChI=1S/C20H25N3O4/c24-18-12-14(13-23(18)16-4-2-1-3-5-16)19(25)21-15-6-8-17(9-7-15)22-10-11-27-20(22)26/h6-9,14,16H,1-5,10-13H2,(H,21,25). The minimum Gasteiger partial charge on any atom is -0.447 e. The molecule has 0 spiro atoms. The number of hydrogen-bond acceptors (Lipinski definition) is 4. The Morgan fingerprint density at radius 1 is 1.07 bits per heavy atom. The topological polar surface area (TPSA) is 79.0 Å². The van der Waals surface area contributed by atoms with Crippen LogP contribution in [0.5, 0.6) is 0 Å². The smallest absolute Gasteiger partial charge is 0.414 e. The maximum absolute atomic E-state index is 12.6. The predicted molar refractivity (Wildman–Crippen MR) is 100 cm³/mol. The van der Waals surface area contributed by atoms with E-state index in [0.29, 0.717) is 37.8 Å². The van der Waals surface area contributed by atoms with E-state index >= 15 is 0 Å². The molecular formula is C20H25N3O4. The lowest BCUT2D eigenvalue weighted by Gasteiger charge is -2.31. The number of hydrogen-bond donors (Lipinski definition) is 1. The molecule has 1 unspecified atom stereocenters. The van der Waals surface area contributed by atoms with Crippen LogP contribution in [0.1, 0.15) is 38.5 Å². The molecule has 1 aliphatic carbocycles. The van der Waals surface area contributed by atoms with Gasteiger partial charge in [-0.05, 0) is 37.1 Å². The zero-order valence-electron chi connectivity index (χ0n) is 15.4. The SMILES string of the molecule is O=C(Nc1ccc(N2CCOC2=O)cc1)C1CC(=O)N(C2CCCCC2)C1. The van der Waals surface area contributed by atoms with Crippen LogP contribution < -0.4 is 10.2 Å². The van der Waals surface area contributed by atoms with E-state index in [1.807, 2.05) is 4.90 Å². The Hall–Kier alpha value is -2.57. The minimum absolute atomic E-state index is 0.102. The molecule has 3 aliphatic rings. The summed E-state index contributed by atoms with van der Waals surface area (Å²) in [5, 5.41) is 2.90. The van der Waals surface area contributed by atoms with Crippen LogP contribution in [0.15, 0.2) is 24.3 Å². The van der Waals surface area contributed by atoms with Gasteiger partial charge in [0.2, 0.25) is 11.8 Å². The summed E-state index contributed by atoms with van der Waals surface area (Å²) in [5.74, 6) is -0.312. The van der Waals surface area contributed by atoms with Gasteiger partial charge in [0, 0.05) is 30.4 Å². The van der Waals surface area contributed by atoms with Crippen LogP contribution in [-0.4, -0.2) is 48.5 Å². The highest BCUT2D eigenvalue weighted by molar-refractivity contribution is 5.97. The van der Waals surface area contributed by atoms with Gasteiger partial charge in [-0.3, -0.25) is 14.5 Å². The summed E-state index contributed by atoms with van der Waals surface area (Å²) < 4.78 is 4.93. The van der Waals surface area contributed by atoms with Crippen LogP contribution in [0.3, 0.4) is 0 Å². The first kappa shape index (κ1) is 17.8. The quantitative estimate of drug-likeness (QED) is 0.883. The third-order valence-electron chi connectivity index (χ3n) is 5.75. The number of rotatable bonds is 4. The van der Waals surface area contributed by atoms with E-state index in [1.165, 1.54) is 19.3 Å². The van der Waals surface area contributed by atoms with E-state index in [9.17, 15) is 14.4 Å². The number of likely N-dealkylation sites (tertiary alicyclic amines) is 1. The summed E-state index contributed by atoms with van der Waals surface area (Å²) in [7, 11) is 0. The highest BCUT2D eigenvalue weighted by atomic mass is 16.6. The lowest BCUT2D eigenvalue weighted by atomic mass is 9.94. The minimum atomic E-state index is -0.348. The molecule has 0 radical (unpaired) electrons. The van der Waals surface area contributed by atoms with Gasteiger partial charge in [0.1, 0.15) is 6.61 Å². The number of cyclic esters (lactones) is 1. The second-order valence-corrected chi connectivity index (χ2v) is 7.54. The summed E-state index contributed by atoms with van der Waals surface area (Å²) >= 11 is 0. The molecule has 2 saturated heterocycles. The van der Waals surface area contributed by atoms with Crippen LogP contribution in [0.2, 0.25) is 0 Å². The summed E-state index contributed by atoms with van der Waals surface area (Å²) in [6.45, 7) is 1.45. The first-order chi connectivity index (χ1) is 13.1.